The lowest BCUT2D eigenvalue weighted by Crippen LogP contribution is -2.30. The van der Waals surface area contributed by atoms with Gasteiger partial charge in [0.1, 0.15) is 0 Å². The predicted octanol–water partition coefficient (Wildman–Crippen LogP) is 3.45. The smallest absolute Gasteiger partial charge is 0.0442 e. The molecule has 0 aliphatic heterocycles. The molecule has 1 aromatic heterocycles. The molecule has 1 heterocycles. The quantitative estimate of drug-likeness (QED) is 0.739. The molecule has 1 rings (SSSR count). The lowest BCUT2D eigenvalue weighted by molar-refractivity contribution is 0.485. The summed E-state index contributed by atoms with van der Waals surface area (Å²) in [4.78, 5) is 6.76. The highest BCUT2D eigenvalue weighted by Gasteiger charge is 2.13. The van der Waals surface area contributed by atoms with Gasteiger partial charge < -0.3 is 10.2 Å². The number of nitrogens with one attached hydrogen (secondary N) is 1. The van der Waals surface area contributed by atoms with Crippen molar-refractivity contribution in [2.75, 3.05) is 24.5 Å². The van der Waals surface area contributed by atoms with Crippen molar-refractivity contribution in [1.82, 2.24) is 10.3 Å². The number of hydrogen-bond acceptors (Lipinski definition) is 3. The van der Waals surface area contributed by atoms with Crippen LogP contribution in [0.3, 0.4) is 0 Å². The van der Waals surface area contributed by atoms with E-state index in [0.29, 0.717) is 0 Å². The molecule has 0 radical (unpaired) electrons. The van der Waals surface area contributed by atoms with Crippen LogP contribution in [0.4, 0.5) is 5.69 Å². The van der Waals surface area contributed by atoms with Crippen molar-refractivity contribution in [3.8, 4) is 0 Å². The third kappa shape index (κ3) is 4.83. The molecule has 108 valence electrons. The second kappa shape index (κ2) is 8.92. The van der Waals surface area contributed by atoms with Gasteiger partial charge in [0.2, 0.25) is 0 Å². The lowest BCUT2D eigenvalue weighted by Gasteiger charge is -2.29. The minimum Gasteiger partial charge on any atom is -0.371 e. The topological polar surface area (TPSA) is 28.2 Å². The average molecular weight is 263 g/mol. The molecular weight excluding hydrogens is 234 g/mol. The maximum absolute atomic E-state index is 4.27. The van der Waals surface area contributed by atoms with E-state index in [-0.39, 0.29) is 0 Å². The van der Waals surface area contributed by atoms with Crippen molar-refractivity contribution >= 4 is 5.69 Å². The van der Waals surface area contributed by atoms with E-state index < -0.39 is 0 Å². The average Bonchev–Trinajstić information content (AvgIpc) is 2.47. The minimum absolute atomic E-state index is 0.778. The van der Waals surface area contributed by atoms with Crippen LogP contribution in [0.1, 0.15) is 46.1 Å². The first-order chi connectivity index (χ1) is 9.26. The monoisotopic (exact) mass is 263 g/mol. The third-order valence-electron chi connectivity index (χ3n) is 3.80. The Morgan fingerprint density at radius 2 is 1.95 bits per heavy atom. The Bertz CT molecular complexity index is 348. The molecule has 0 spiro atoms. The van der Waals surface area contributed by atoms with Crippen LogP contribution in [0.2, 0.25) is 0 Å². The number of aromatic nitrogens is 1. The van der Waals surface area contributed by atoms with E-state index in [1.807, 2.05) is 12.4 Å². The summed E-state index contributed by atoms with van der Waals surface area (Å²) in [5.41, 5.74) is 2.64. The zero-order chi connectivity index (χ0) is 14.1. The molecule has 0 atom stereocenters. The van der Waals surface area contributed by atoms with Crippen LogP contribution < -0.4 is 10.2 Å². The number of hydrogen-bond donors (Lipinski definition) is 1. The van der Waals surface area contributed by atoms with E-state index in [9.17, 15) is 0 Å². The van der Waals surface area contributed by atoms with Crippen molar-refractivity contribution in [3.63, 3.8) is 0 Å². The Balaban J connectivity index is 2.84. The molecule has 0 saturated carbocycles. The first-order valence-corrected chi connectivity index (χ1v) is 7.65. The molecule has 19 heavy (non-hydrogen) atoms. The Kier molecular flexibility index (Phi) is 7.49. The van der Waals surface area contributed by atoms with Gasteiger partial charge in [-0.05, 0) is 25.5 Å². The largest absolute Gasteiger partial charge is 0.371 e. The van der Waals surface area contributed by atoms with Gasteiger partial charge in [-0.3, -0.25) is 4.98 Å². The van der Waals surface area contributed by atoms with Crippen molar-refractivity contribution in [3.05, 3.63) is 24.0 Å². The first-order valence-electron chi connectivity index (χ1n) is 7.65. The SMILES string of the molecule is CCNCc1cnccc1N(CC)CC(CC)CC. The van der Waals surface area contributed by atoms with Crippen LogP contribution in [-0.2, 0) is 6.54 Å². The van der Waals surface area contributed by atoms with Gasteiger partial charge in [-0.1, -0.05) is 33.6 Å². The van der Waals surface area contributed by atoms with E-state index in [2.05, 4.69) is 49.0 Å². The maximum Gasteiger partial charge on any atom is 0.0442 e. The highest BCUT2D eigenvalue weighted by atomic mass is 15.1. The molecular formula is C16H29N3. The number of rotatable bonds is 9. The van der Waals surface area contributed by atoms with E-state index in [1.165, 1.54) is 24.1 Å². The second-order valence-corrected chi connectivity index (χ2v) is 5.01. The lowest BCUT2D eigenvalue weighted by atomic mass is 10.0. The van der Waals surface area contributed by atoms with E-state index >= 15 is 0 Å². The summed E-state index contributed by atoms with van der Waals surface area (Å²) in [6, 6.07) is 2.15. The molecule has 0 saturated heterocycles. The predicted molar refractivity (Wildman–Crippen MR) is 83.6 cm³/mol. The Morgan fingerprint density at radius 1 is 1.21 bits per heavy atom. The van der Waals surface area contributed by atoms with Gasteiger partial charge in [0.15, 0.2) is 0 Å². The fourth-order valence-corrected chi connectivity index (χ4v) is 2.38. The second-order valence-electron chi connectivity index (χ2n) is 5.01. The number of pyridine rings is 1. The molecule has 0 unspecified atom stereocenters. The first kappa shape index (κ1) is 16.0. The molecule has 0 bridgehead atoms. The summed E-state index contributed by atoms with van der Waals surface area (Å²) >= 11 is 0. The van der Waals surface area contributed by atoms with Crippen LogP contribution in [-0.4, -0.2) is 24.6 Å². The van der Waals surface area contributed by atoms with Gasteiger partial charge in [-0.2, -0.15) is 0 Å². The zero-order valence-corrected chi connectivity index (χ0v) is 12.9. The van der Waals surface area contributed by atoms with Crippen molar-refractivity contribution in [2.45, 2.75) is 47.1 Å². The molecule has 3 heteroatoms. The number of nitrogens with zero attached hydrogens (tertiary/aromatic N) is 2. The van der Waals surface area contributed by atoms with Crippen LogP contribution in [0.5, 0.6) is 0 Å². The molecule has 0 amide bonds. The van der Waals surface area contributed by atoms with Crippen LogP contribution >= 0.6 is 0 Å². The highest BCUT2D eigenvalue weighted by molar-refractivity contribution is 5.52. The molecule has 0 fully saturated rings. The van der Waals surface area contributed by atoms with Gasteiger partial charge >= 0.3 is 0 Å². The fraction of sp³-hybridized carbons (Fsp3) is 0.688. The van der Waals surface area contributed by atoms with Gasteiger partial charge in [0.25, 0.3) is 0 Å². The molecule has 3 nitrogen and oxygen atoms in total. The summed E-state index contributed by atoms with van der Waals surface area (Å²) in [6.45, 7) is 13.0. The van der Waals surface area contributed by atoms with Gasteiger partial charge in [0, 0.05) is 43.3 Å². The van der Waals surface area contributed by atoms with Crippen molar-refractivity contribution in [2.24, 2.45) is 5.92 Å². The summed E-state index contributed by atoms with van der Waals surface area (Å²) < 4.78 is 0. The molecule has 0 aliphatic rings. The Labute approximate surface area is 118 Å². The van der Waals surface area contributed by atoms with E-state index in [0.717, 1.165) is 32.1 Å². The summed E-state index contributed by atoms with van der Waals surface area (Å²) in [5.74, 6) is 0.778. The molecule has 0 aliphatic carbocycles. The molecule has 1 N–H and O–H groups in total. The molecule has 0 aromatic carbocycles. The summed E-state index contributed by atoms with van der Waals surface area (Å²) in [5, 5.41) is 3.40. The normalized spacial score (nSPS) is 11.0. The minimum atomic E-state index is 0.778. The maximum atomic E-state index is 4.27. The molecule has 1 aromatic rings. The van der Waals surface area contributed by atoms with E-state index in [4.69, 9.17) is 0 Å². The summed E-state index contributed by atoms with van der Waals surface area (Å²) in [6.07, 6.45) is 6.40. The van der Waals surface area contributed by atoms with Gasteiger partial charge in [-0.15, -0.1) is 0 Å². The number of anilines is 1. The van der Waals surface area contributed by atoms with E-state index in [1.54, 1.807) is 0 Å². The highest BCUT2D eigenvalue weighted by Crippen LogP contribution is 2.22. The Morgan fingerprint density at radius 3 is 2.53 bits per heavy atom. The zero-order valence-electron chi connectivity index (χ0n) is 12.9. The van der Waals surface area contributed by atoms with Crippen molar-refractivity contribution in [1.29, 1.82) is 0 Å². The summed E-state index contributed by atoms with van der Waals surface area (Å²) in [7, 11) is 0. The van der Waals surface area contributed by atoms with Crippen molar-refractivity contribution < 1.29 is 0 Å². The standard InChI is InChI=1S/C16H29N3/c1-5-14(6-2)13-19(8-4)16-9-10-18-12-15(16)11-17-7-3/h9-10,12,14,17H,5-8,11,13H2,1-4H3. The van der Waals surface area contributed by atoms with Crippen LogP contribution in [0, 0.1) is 5.92 Å². The van der Waals surface area contributed by atoms with Crippen LogP contribution in [0.15, 0.2) is 18.5 Å². The fourth-order valence-electron chi connectivity index (χ4n) is 2.38. The van der Waals surface area contributed by atoms with Gasteiger partial charge in [0.05, 0.1) is 0 Å². The Hall–Kier alpha value is -1.09. The van der Waals surface area contributed by atoms with Gasteiger partial charge in [-0.25, -0.2) is 0 Å². The van der Waals surface area contributed by atoms with Crippen LogP contribution in [0.25, 0.3) is 0 Å². The third-order valence-corrected chi connectivity index (χ3v) is 3.80.